The highest BCUT2D eigenvalue weighted by Gasteiger charge is 2.23. The molecular weight excluding hydrogens is 386 g/mol. The van der Waals surface area contributed by atoms with Gasteiger partial charge < -0.3 is 15.0 Å². The van der Waals surface area contributed by atoms with Gasteiger partial charge in [-0.1, -0.05) is 36.4 Å². The Balaban J connectivity index is 1.58. The molecule has 156 valence electrons. The van der Waals surface area contributed by atoms with Crippen LogP contribution in [0.25, 0.3) is 0 Å². The molecule has 2 aromatic rings. The molecule has 2 amide bonds. The summed E-state index contributed by atoms with van der Waals surface area (Å²) in [6, 6.07) is 13.8. The van der Waals surface area contributed by atoms with Crippen molar-refractivity contribution in [2.75, 3.05) is 39.4 Å². The Bertz CT molecular complexity index is 761. The third kappa shape index (κ3) is 6.66. The van der Waals surface area contributed by atoms with E-state index in [9.17, 15) is 9.59 Å². The van der Waals surface area contributed by atoms with Crippen LogP contribution in [0.3, 0.4) is 0 Å². The van der Waals surface area contributed by atoms with Crippen LogP contribution in [-0.4, -0.2) is 67.0 Å². The highest BCUT2D eigenvalue weighted by Crippen LogP contribution is 2.13. The van der Waals surface area contributed by atoms with Crippen LogP contribution in [-0.2, 0) is 16.1 Å². The van der Waals surface area contributed by atoms with E-state index in [0.29, 0.717) is 18.0 Å². The maximum atomic E-state index is 13.0. The number of amides is 2. The molecule has 1 saturated heterocycles. The van der Waals surface area contributed by atoms with Crippen molar-refractivity contribution in [2.45, 2.75) is 25.9 Å². The molecule has 0 radical (unpaired) electrons. The normalized spacial score (nSPS) is 15.6. The molecule has 7 heteroatoms. The molecule has 3 rings (SSSR count). The minimum atomic E-state index is -0.122. The standard InChI is InChI=1S/C22H29N3O3S/c1-18(16-24-11-13-28-14-12-24)25(17-19-6-3-2-4-7-19)21(26)9-10-23-22(27)20-8-5-15-29-20/h2-8,15,18H,9-14,16-17H2,1H3,(H,23,27). The van der Waals surface area contributed by atoms with Gasteiger partial charge in [0.2, 0.25) is 5.91 Å². The number of ether oxygens (including phenoxy) is 1. The molecule has 1 aliphatic heterocycles. The number of hydrogen-bond acceptors (Lipinski definition) is 5. The van der Waals surface area contributed by atoms with Crippen LogP contribution in [0.4, 0.5) is 0 Å². The van der Waals surface area contributed by atoms with E-state index in [1.165, 1.54) is 11.3 Å². The topological polar surface area (TPSA) is 61.9 Å². The van der Waals surface area contributed by atoms with E-state index in [1.54, 1.807) is 6.07 Å². The van der Waals surface area contributed by atoms with Crippen LogP contribution >= 0.6 is 11.3 Å². The molecule has 0 aliphatic carbocycles. The van der Waals surface area contributed by atoms with Crippen molar-refractivity contribution < 1.29 is 14.3 Å². The fourth-order valence-corrected chi connectivity index (χ4v) is 4.09. The van der Waals surface area contributed by atoms with Crippen LogP contribution in [0.1, 0.15) is 28.6 Å². The summed E-state index contributed by atoms with van der Waals surface area (Å²) in [6.45, 7) is 7.12. The molecule has 1 aromatic carbocycles. The monoisotopic (exact) mass is 415 g/mol. The predicted octanol–water partition coefficient (Wildman–Crippen LogP) is 2.62. The van der Waals surface area contributed by atoms with Gasteiger partial charge in [0.25, 0.3) is 5.91 Å². The second-order valence-corrected chi connectivity index (χ2v) is 8.20. The van der Waals surface area contributed by atoms with Gasteiger partial charge >= 0.3 is 0 Å². The van der Waals surface area contributed by atoms with Gasteiger partial charge in [0, 0.05) is 45.2 Å². The second kappa shape index (κ2) is 11.1. The Morgan fingerprint density at radius 1 is 1.17 bits per heavy atom. The number of thiophene rings is 1. The van der Waals surface area contributed by atoms with Crippen LogP contribution in [0.2, 0.25) is 0 Å². The fourth-order valence-electron chi connectivity index (χ4n) is 3.45. The van der Waals surface area contributed by atoms with Crippen molar-refractivity contribution in [1.29, 1.82) is 0 Å². The molecule has 1 atom stereocenters. The van der Waals surface area contributed by atoms with Gasteiger partial charge in [-0.2, -0.15) is 0 Å². The summed E-state index contributed by atoms with van der Waals surface area (Å²) in [6.07, 6.45) is 0.289. The molecule has 1 aliphatic rings. The lowest BCUT2D eigenvalue weighted by atomic mass is 10.1. The van der Waals surface area contributed by atoms with E-state index >= 15 is 0 Å². The Hall–Kier alpha value is -2.22. The molecule has 1 unspecified atom stereocenters. The zero-order valence-corrected chi connectivity index (χ0v) is 17.7. The first-order valence-corrected chi connectivity index (χ1v) is 11.0. The number of benzene rings is 1. The summed E-state index contributed by atoms with van der Waals surface area (Å²) in [5.74, 6) is -0.0649. The third-order valence-electron chi connectivity index (χ3n) is 5.04. The maximum Gasteiger partial charge on any atom is 0.261 e. The summed E-state index contributed by atoms with van der Waals surface area (Å²) in [7, 11) is 0. The highest BCUT2D eigenvalue weighted by atomic mass is 32.1. The largest absolute Gasteiger partial charge is 0.379 e. The first-order chi connectivity index (χ1) is 14.1. The van der Waals surface area contributed by atoms with E-state index in [4.69, 9.17) is 4.74 Å². The van der Waals surface area contributed by atoms with Gasteiger partial charge in [-0.3, -0.25) is 14.5 Å². The zero-order chi connectivity index (χ0) is 20.5. The number of carbonyl (C=O) groups excluding carboxylic acids is 2. The van der Waals surface area contributed by atoms with Gasteiger partial charge in [-0.15, -0.1) is 11.3 Å². The van der Waals surface area contributed by atoms with E-state index < -0.39 is 0 Å². The quantitative estimate of drug-likeness (QED) is 0.684. The van der Waals surface area contributed by atoms with Crippen molar-refractivity contribution in [3.63, 3.8) is 0 Å². The maximum absolute atomic E-state index is 13.0. The summed E-state index contributed by atoms with van der Waals surface area (Å²) in [4.78, 5) is 30.1. The summed E-state index contributed by atoms with van der Waals surface area (Å²) >= 11 is 1.40. The molecule has 0 bridgehead atoms. The molecule has 1 N–H and O–H groups in total. The van der Waals surface area contributed by atoms with Crippen LogP contribution < -0.4 is 5.32 Å². The van der Waals surface area contributed by atoms with Gasteiger partial charge in [0.1, 0.15) is 0 Å². The molecular formula is C22H29N3O3S. The average molecular weight is 416 g/mol. The summed E-state index contributed by atoms with van der Waals surface area (Å²) < 4.78 is 5.43. The number of morpholine rings is 1. The number of nitrogens with one attached hydrogen (secondary N) is 1. The lowest BCUT2D eigenvalue weighted by Crippen LogP contribution is -2.48. The van der Waals surface area contributed by atoms with Crippen LogP contribution in [0.15, 0.2) is 47.8 Å². The fraction of sp³-hybridized carbons (Fsp3) is 0.455. The zero-order valence-electron chi connectivity index (χ0n) is 16.9. The van der Waals surface area contributed by atoms with Crippen molar-refractivity contribution in [3.05, 3.63) is 58.3 Å². The second-order valence-electron chi connectivity index (χ2n) is 7.25. The smallest absolute Gasteiger partial charge is 0.261 e. The number of nitrogens with zero attached hydrogens (tertiary/aromatic N) is 2. The minimum Gasteiger partial charge on any atom is -0.379 e. The van der Waals surface area contributed by atoms with Crippen molar-refractivity contribution in [3.8, 4) is 0 Å². The van der Waals surface area contributed by atoms with E-state index in [2.05, 4.69) is 17.1 Å². The average Bonchev–Trinajstić information content (AvgIpc) is 3.28. The highest BCUT2D eigenvalue weighted by molar-refractivity contribution is 7.12. The number of hydrogen-bond donors (Lipinski definition) is 1. The van der Waals surface area contributed by atoms with Crippen LogP contribution in [0.5, 0.6) is 0 Å². The third-order valence-corrected chi connectivity index (χ3v) is 5.91. The molecule has 1 aromatic heterocycles. The SMILES string of the molecule is CC(CN1CCOCC1)N(Cc1ccccc1)C(=O)CCNC(=O)c1cccs1. The van der Waals surface area contributed by atoms with Crippen molar-refractivity contribution >= 4 is 23.2 Å². The van der Waals surface area contributed by atoms with Gasteiger partial charge in [0.05, 0.1) is 18.1 Å². The Kier molecular flexibility index (Phi) is 8.22. The minimum absolute atomic E-state index is 0.0566. The Morgan fingerprint density at radius 3 is 2.62 bits per heavy atom. The van der Waals surface area contributed by atoms with E-state index in [-0.39, 0.29) is 24.3 Å². The first-order valence-electron chi connectivity index (χ1n) is 10.1. The number of carbonyl (C=O) groups is 2. The lowest BCUT2D eigenvalue weighted by Gasteiger charge is -2.35. The molecule has 6 nitrogen and oxygen atoms in total. The van der Waals surface area contributed by atoms with E-state index in [1.807, 2.05) is 46.7 Å². The van der Waals surface area contributed by atoms with Crippen LogP contribution in [0, 0.1) is 0 Å². The van der Waals surface area contributed by atoms with Gasteiger partial charge in [0.15, 0.2) is 0 Å². The summed E-state index contributed by atoms with van der Waals surface area (Å²) in [5, 5.41) is 4.72. The predicted molar refractivity (Wildman–Crippen MR) is 115 cm³/mol. The molecule has 0 saturated carbocycles. The Labute approximate surface area is 176 Å². The molecule has 29 heavy (non-hydrogen) atoms. The number of rotatable bonds is 9. The molecule has 0 spiro atoms. The van der Waals surface area contributed by atoms with Crippen molar-refractivity contribution in [2.24, 2.45) is 0 Å². The van der Waals surface area contributed by atoms with E-state index in [0.717, 1.165) is 38.4 Å². The first kappa shape index (κ1) is 21.5. The Morgan fingerprint density at radius 2 is 1.93 bits per heavy atom. The lowest BCUT2D eigenvalue weighted by molar-refractivity contribution is -0.134. The van der Waals surface area contributed by atoms with Gasteiger partial charge in [-0.05, 0) is 23.9 Å². The molecule has 2 heterocycles. The summed E-state index contributed by atoms with van der Waals surface area (Å²) in [5.41, 5.74) is 1.11. The molecule has 1 fully saturated rings. The van der Waals surface area contributed by atoms with Gasteiger partial charge in [-0.25, -0.2) is 0 Å². The van der Waals surface area contributed by atoms with Crippen molar-refractivity contribution in [1.82, 2.24) is 15.1 Å².